The van der Waals surface area contributed by atoms with Crippen molar-refractivity contribution in [2.24, 2.45) is 0 Å². The first-order valence-electron chi connectivity index (χ1n) is 10.1. The molecule has 1 N–H and O–H groups in total. The summed E-state index contributed by atoms with van der Waals surface area (Å²) < 4.78 is 0. The van der Waals surface area contributed by atoms with E-state index in [1.807, 2.05) is 24.9 Å². The Morgan fingerprint density at radius 2 is 1.87 bits per heavy atom. The number of nitrogens with zero attached hydrogens (tertiary/aromatic N) is 3. The van der Waals surface area contributed by atoms with E-state index >= 15 is 0 Å². The van der Waals surface area contributed by atoms with Crippen LogP contribution in [0, 0.1) is 0 Å². The minimum atomic E-state index is -0.287. The molecule has 6 nitrogen and oxygen atoms in total. The lowest BCUT2D eigenvalue weighted by Crippen LogP contribution is -2.46. The molecule has 0 saturated carbocycles. The van der Waals surface area contributed by atoms with Crippen LogP contribution in [0.5, 0.6) is 0 Å². The van der Waals surface area contributed by atoms with Crippen molar-refractivity contribution in [3.05, 3.63) is 52.1 Å². The lowest BCUT2D eigenvalue weighted by molar-refractivity contribution is -0.132. The van der Waals surface area contributed by atoms with Crippen LogP contribution in [0.3, 0.4) is 0 Å². The predicted molar refractivity (Wildman–Crippen MR) is 122 cm³/mol. The summed E-state index contributed by atoms with van der Waals surface area (Å²) in [5.74, 6) is 0.353. The maximum atomic E-state index is 13.0. The molecule has 0 bridgehead atoms. The van der Waals surface area contributed by atoms with Crippen LogP contribution in [0.25, 0.3) is 0 Å². The first-order chi connectivity index (χ1) is 14.4. The molecule has 0 atom stereocenters. The molecule has 8 heteroatoms. The third-order valence-corrected chi connectivity index (χ3v) is 5.84. The van der Waals surface area contributed by atoms with Gasteiger partial charge in [-0.3, -0.25) is 9.59 Å². The van der Waals surface area contributed by atoms with Gasteiger partial charge in [0.15, 0.2) is 0 Å². The molecule has 0 spiro atoms. The Bertz CT molecular complexity index is 897. The number of piperidine rings is 1. The Kier molecular flexibility index (Phi) is 7.56. The van der Waals surface area contributed by atoms with Crippen LogP contribution in [0.1, 0.15) is 43.0 Å². The van der Waals surface area contributed by atoms with Crippen LogP contribution in [0.4, 0.5) is 11.5 Å². The van der Waals surface area contributed by atoms with Gasteiger partial charge < -0.3 is 15.1 Å². The van der Waals surface area contributed by atoms with Crippen LogP contribution in [-0.4, -0.2) is 47.9 Å². The minimum Gasteiger partial charge on any atom is -0.371 e. The number of benzene rings is 1. The van der Waals surface area contributed by atoms with Gasteiger partial charge in [-0.1, -0.05) is 30.1 Å². The maximum Gasteiger partial charge on any atom is 0.258 e. The molecule has 2 heterocycles. The SMILES string of the molecule is CCCC(=O)N1CCC(N(C)c2ccc(Cl)cc2C(=O)Nc2ccc(Cl)cn2)CC1. The topological polar surface area (TPSA) is 65.5 Å². The van der Waals surface area contributed by atoms with E-state index in [0.717, 1.165) is 38.0 Å². The van der Waals surface area contributed by atoms with Gasteiger partial charge in [0.2, 0.25) is 5.91 Å². The van der Waals surface area contributed by atoms with Crippen molar-refractivity contribution in [3.8, 4) is 0 Å². The molecule has 30 heavy (non-hydrogen) atoms. The third kappa shape index (κ3) is 5.43. The summed E-state index contributed by atoms with van der Waals surface area (Å²) >= 11 is 12.0. The molecular weight excluding hydrogens is 423 g/mol. The standard InChI is InChI=1S/C22H26Cl2N4O2/c1-3-4-21(29)28-11-9-17(10-12-28)27(2)19-7-5-15(23)13-18(19)22(30)26-20-8-6-16(24)14-25-20/h5-8,13-14,17H,3-4,9-12H2,1-2H3,(H,25,26,30). The molecule has 2 aromatic rings. The Hall–Kier alpha value is -2.31. The molecule has 1 aliphatic rings. The summed E-state index contributed by atoms with van der Waals surface area (Å²) in [6.45, 7) is 3.49. The van der Waals surface area contributed by atoms with E-state index in [0.29, 0.717) is 27.8 Å². The largest absolute Gasteiger partial charge is 0.371 e. The molecule has 1 aromatic carbocycles. The van der Waals surface area contributed by atoms with Crippen molar-refractivity contribution in [2.75, 3.05) is 30.4 Å². The fraction of sp³-hybridized carbons (Fsp3) is 0.409. The van der Waals surface area contributed by atoms with E-state index in [2.05, 4.69) is 15.2 Å². The second kappa shape index (κ2) is 10.1. The van der Waals surface area contributed by atoms with Crippen molar-refractivity contribution in [1.29, 1.82) is 0 Å². The highest BCUT2D eigenvalue weighted by Gasteiger charge is 2.27. The molecule has 1 aliphatic heterocycles. The number of rotatable bonds is 6. The number of hydrogen-bond donors (Lipinski definition) is 1. The van der Waals surface area contributed by atoms with E-state index in [-0.39, 0.29) is 17.9 Å². The molecule has 1 saturated heterocycles. The zero-order chi connectivity index (χ0) is 21.7. The van der Waals surface area contributed by atoms with Crippen LogP contribution >= 0.6 is 23.2 Å². The Morgan fingerprint density at radius 3 is 2.50 bits per heavy atom. The Morgan fingerprint density at radius 1 is 1.17 bits per heavy atom. The van der Waals surface area contributed by atoms with Gasteiger partial charge in [0, 0.05) is 49.5 Å². The van der Waals surface area contributed by atoms with Gasteiger partial charge in [0.05, 0.1) is 10.6 Å². The summed E-state index contributed by atoms with van der Waals surface area (Å²) in [7, 11) is 1.98. The Labute approximate surface area is 187 Å². The summed E-state index contributed by atoms with van der Waals surface area (Å²) in [6, 6.07) is 8.86. The van der Waals surface area contributed by atoms with E-state index in [9.17, 15) is 9.59 Å². The van der Waals surface area contributed by atoms with Crippen LogP contribution in [0.15, 0.2) is 36.5 Å². The average Bonchev–Trinajstić information content (AvgIpc) is 2.75. The monoisotopic (exact) mass is 448 g/mol. The highest BCUT2D eigenvalue weighted by molar-refractivity contribution is 6.31. The molecule has 0 radical (unpaired) electrons. The lowest BCUT2D eigenvalue weighted by Gasteiger charge is -2.38. The van der Waals surface area contributed by atoms with Gasteiger partial charge in [-0.2, -0.15) is 0 Å². The van der Waals surface area contributed by atoms with E-state index in [1.165, 1.54) is 6.20 Å². The number of anilines is 2. The molecule has 0 aliphatic carbocycles. The van der Waals surface area contributed by atoms with Crippen molar-refractivity contribution >= 4 is 46.5 Å². The fourth-order valence-electron chi connectivity index (χ4n) is 3.70. The van der Waals surface area contributed by atoms with Crippen LogP contribution in [-0.2, 0) is 4.79 Å². The van der Waals surface area contributed by atoms with E-state index in [4.69, 9.17) is 23.2 Å². The van der Waals surface area contributed by atoms with Gasteiger partial charge >= 0.3 is 0 Å². The summed E-state index contributed by atoms with van der Waals surface area (Å²) in [6.07, 6.45) is 4.66. The predicted octanol–water partition coefficient (Wildman–Crippen LogP) is 4.87. The zero-order valence-corrected chi connectivity index (χ0v) is 18.7. The zero-order valence-electron chi connectivity index (χ0n) is 17.2. The van der Waals surface area contributed by atoms with Gasteiger partial charge in [-0.25, -0.2) is 4.98 Å². The minimum absolute atomic E-state index is 0.223. The van der Waals surface area contributed by atoms with Gasteiger partial charge in [0.1, 0.15) is 5.82 Å². The van der Waals surface area contributed by atoms with E-state index < -0.39 is 0 Å². The van der Waals surface area contributed by atoms with Gasteiger partial charge in [0.25, 0.3) is 5.91 Å². The number of halogens is 2. The van der Waals surface area contributed by atoms with Crippen molar-refractivity contribution in [2.45, 2.75) is 38.6 Å². The second-order valence-electron chi connectivity index (χ2n) is 7.45. The number of nitrogens with one attached hydrogen (secondary N) is 1. The molecule has 160 valence electrons. The lowest BCUT2D eigenvalue weighted by atomic mass is 10.0. The molecule has 1 fully saturated rings. The first-order valence-corrected chi connectivity index (χ1v) is 10.9. The number of likely N-dealkylation sites (tertiary alicyclic amines) is 1. The molecule has 0 unspecified atom stereocenters. The molecule has 1 aromatic heterocycles. The third-order valence-electron chi connectivity index (χ3n) is 5.38. The number of amides is 2. The molecular formula is C22H26Cl2N4O2. The fourth-order valence-corrected chi connectivity index (χ4v) is 3.99. The van der Waals surface area contributed by atoms with Crippen LogP contribution < -0.4 is 10.2 Å². The number of carbonyl (C=O) groups excluding carboxylic acids is 2. The quantitative estimate of drug-likeness (QED) is 0.684. The summed E-state index contributed by atoms with van der Waals surface area (Å²) in [5, 5.41) is 3.79. The summed E-state index contributed by atoms with van der Waals surface area (Å²) in [4.78, 5) is 33.3. The second-order valence-corrected chi connectivity index (χ2v) is 8.32. The van der Waals surface area contributed by atoms with Gasteiger partial charge in [-0.05, 0) is 49.6 Å². The average molecular weight is 449 g/mol. The molecule has 3 rings (SSSR count). The number of carbonyl (C=O) groups is 2. The highest BCUT2D eigenvalue weighted by atomic mass is 35.5. The Balaban J connectivity index is 1.73. The smallest absolute Gasteiger partial charge is 0.258 e. The molecule has 2 amide bonds. The van der Waals surface area contributed by atoms with Crippen molar-refractivity contribution in [3.63, 3.8) is 0 Å². The summed E-state index contributed by atoms with van der Waals surface area (Å²) in [5.41, 5.74) is 1.27. The number of aromatic nitrogens is 1. The number of hydrogen-bond acceptors (Lipinski definition) is 4. The van der Waals surface area contributed by atoms with E-state index in [1.54, 1.807) is 24.3 Å². The van der Waals surface area contributed by atoms with Crippen molar-refractivity contribution < 1.29 is 9.59 Å². The van der Waals surface area contributed by atoms with Crippen LogP contribution in [0.2, 0.25) is 10.0 Å². The van der Waals surface area contributed by atoms with Gasteiger partial charge in [-0.15, -0.1) is 0 Å². The van der Waals surface area contributed by atoms with Crippen molar-refractivity contribution in [1.82, 2.24) is 9.88 Å². The normalized spacial score (nSPS) is 14.5. The highest BCUT2D eigenvalue weighted by Crippen LogP contribution is 2.29. The maximum absolute atomic E-state index is 13.0. The first kappa shape index (κ1) is 22.4. The number of pyridine rings is 1.